The molecule has 22 heavy (non-hydrogen) atoms. The Hall–Kier alpha value is -1.55. The Morgan fingerprint density at radius 1 is 1.36 bits per heavy atom. The molecule has 1 saturated heterocycles. The van der Waals surface area contributed by atoms with Gasteiger partial charge in [0.05, 0.1) is 6.10 Å². The average molecular weight is 302 g/mol. The Balaban J connectivity index is 1.50. The lowest BCUT2D eigenvalue weighted by Gasteiger charge is -2.28. The maximum absolute atomic E-state index is 12.3. The molecule has 1 aromatic carbocycles. The molecule has 4 nitrogen and oxygen atoms in total. The Labute approximate surface area is 132 Å². The van der Waals surface area contributed by atoms with E-state index in [-0.39, 0.29) is 17.9 Å². The van der Waals surface area contributed by atoms with E-state index < -0.39 is 0 Å². The lowest BCUT2D eigenvalue weighted by atomic mass is 9.95. The zero-order valence-electron chi connectivity index (χ0n) is 13.5. The minimum Gasteiger partial charge on any atom is -0.378 e. The van der Waals surface area contributed by atoms with Gasteiger partial charge in [-0.2, -0.15) is 0 Å². The summed E-state index contributed by atoms with van der Waals surface area (Å²) in [6, 6.07) is 9.08. The van der Waals surface area contributed by atoms with Gasteiger partial charge in [0, 0.05) is 37.3 Å². The lowest BCUT2D eigenvalue weighted by Crippen LogP contribution is -2.41. The summed E-state index contributed by atoms with van der Waals surface area (Å²) in [6.45, 7) is 6.59. The van der Waals surface area contributed by atoms with Crippen LogP contribution in [0.1, 0.15) is 32.3 Å². The molecule has 3 atom stereocenters. The van der Waals surface area contributed by atoms with Crippen LogP contribution >= 0.6 is 0 Å². The Morgan fingerprint density at radius 2 is 2.18 bits per heavy atom. The fourth-order valence-corrected chi connectivity index (χ4v) is 3.65. The summed E-state index contributed by atoms with van der Waals surface area (Å²) in [5.41, 5.74) is 2.74. The van der Waals surface area contributed by atoms with Gasteiger partial charge in [-0.1, -0.05) is 18.2 Å². The van der Waals surface area contributed by atoms with Crippen molar-refractivity contribution in [2.75, 3.05) is 24.6 Å². The predicted octanol–water partition coefficient (Wildman–Crippen LogP) is 2.37. The van der Waals surface area contributed by atoms with E-state index in [0.717, 1.165) is 25.8 Å². The van der Waals surface area contributed by atoms with Crippen LogP contribution in [0, 0.1) is 5.92 Å². The molecule has 0 radical (unpaired) electrons. The van der Waals surface area contributed by atoms with E-state index in [1.54, 1.807) is 0 Å². The highest BCUT2D eigenvalue weighted by molar-refractivity contribution is 5.78. The number of nitrogens with one attached hydrogen (secondary N) is 1. The zero-order chi connectivity index (χ0) is 15.5. The van der Waals surface area contributed by atoms with Crippen molar-refractivity contribution in [2.24, 2.45) is 5.92 Å². The molecule has 0 aliphatic carbocycles. The van der Waals surface area contributed by atoms with Gasteiger partial charge in [0.1, 0.15) is 0 Å². The molecule has 0 spiro atoms. The smallest absolute Gasteiger partial charge is 0.223 e. The van der Waals surface area contributed by atoms with Crippen LogP contribution < -0.4 is 10.2 Å². The van der Waals surface area contributed by atoms with Crippen LogP contribution in [-0.2, 0) is 16.0 Å². The Morgan fingerprint density at radius 3 is 3.00 bits per heavy atom. The molecule has 1 fully saturated rings. The third-order valence-electron chi connectivity index (χ3n) is 4.86. The number of hydrogen-bond acceptors (Lipinski definition) is 3. The highest BCUT2D eigenvalue weighted by Gasteiger charge is 2.27. The fourth-order valence-electron chi connectivity index (χ4n) is 3.65. The van der Waals surface area contributed by atoms with Gasteiger partial charge in [-0.15, -0.1) is 0 Å². The highest BCUT2D eigenvalue weighted by atomic mass is 16.5. The van der Waals surface area contributed by atoms with E-state index in [1.807, 2.05) is 6.92 Å². The van der Waals surface area contributed by atoms with Crippen LogP contribution in [0.15, 0.2) is 24.3 Å². The first-order valence-corrected chi connectivity index (χ1v) is 8.39. The van der Waals surface area contributed by atoms with Crippen molar-refractivity contribution >= 4 is 11.6 Å². The largest absolute Gasteiger partial charge is 0.378 e. The Bertz CT molecular complexity index is 532. The van der Waals surface area contributed by atoms with E-state index in [0.29, 0.717) is 19.2 Å². The number of para-hydroxylation sites is 1. The second kappa shape index (κ2) is 6.69. The number of rotatable bonds is 4. The van der Waals surface area contributed by atoms with Gasteiger partial charge in [-0.25, -0.2) is 0 Å². The van der Waals surface area contributed by atoms with Crippen molar-refractivity contribution in [3.8, 4) is 0 Å². The number of ether oxygens (including phenoxy) is 1. The van der Waals surface area contributed by atoms with E-state index in [9.17, 15) is 4.79 Å². The molecule has 2 heterocycles. The number of carbonyl (C=O) groups excluding carboxylic acids is 1. The van der Waals surface area contributed by atoms with Gasteiger partial charge < -0.3 is 15.0 Å². The topological polar surface area (TPSA) is 41.6 Å². The number of fused-ring (bicyclic) bond motifs is 1. The van der Waals surface area contributed by atoms with Crippen LogP contribution in [0.25, 0.3) is 0 Å². The molecule has 2 aliphatic rings. The van der Waals surface area contributed by atoms with Crippen LogP contribution in [0.3, 0.4) is 0 Å². The number of hydrogen-bond donors (Lipinski definition) is 1. The maximum Gasteiger partial charge on any atom is 0.223 e. The van der Waals surface area contributed by atoms with Gasteiger partial charge >= 0.3 is 0 Å². The summed E-state index contributed by atoms with van der Waals surface area (Å²) in [7, 11) is 0. The Kier molecular flexibility index (Phi) is 4.67. The molecule has 3 rings (SSSR count). The molecule has 1 amide bonds. The molecule has 120 valence electrons. The number of benzene rings is 1. The van der Waals surface area contributed by atoms with Crippen LogP contribution in [0.2, 0.25) is 0 Å². The summed E-state index contributed by atoms with van der Waals surface area (Å²) < 4.78 is 5.51. The van der Waals surface area contributed by atoms with E-state index in [1.165, 1.54) is 11.3 Å². The fraction of sp³-hybridized carbons (Fsp3) is 0.611. The van der Waals surface area contributed by atoms with Crippen molar-refractivity contribution in [1.82, 2.24) is 5.32 Å². The molecule has 2 aliphatic heterocycles. The van der Waals surface area contributed by atoms with E-state index in [4.69, 9.17) is 4.74 Å². The number of anilines is 1. The number of amides is 1. The van der Waals surface area contributed by atoms with Crippen LogP contribution in [0.4, 0.5) is 5.69 Å². The highest BCUT2D eigenvalue weighted by Crippen LogP contribution is 2.31. The predicted molar refractivity (Wildman–Crippen MR) is 88.1 cm³/mol. The van der Waals surface area contributed by atoms with E-state index in [2.05, 4.69) is 41.4 Å². The summed E-state index contributed by atoms with van der Waals surface area (Å²) in [5, 5.41) is 3.12. The SMILES string of the molecule is C[C@@H]1C[C@H](C(=O)NCCN2c3ccccc3C[C@@H]2C)CCO1. The van der Waals surface area contributed by atoms with Gasteiger partial charge in [-0.3, -0.25) is 4.79 Å². The molecule has 0 aromatic heterocycles. The van der Waals surface area contributed by atoms with Crippen molar-refractivity contribution < 1.29 is 9.53 Å². The standard InChI is InChI=1S/C18H26N2O2/c1-13-11-15-5-3-4-6-17(15)20(13)9-8-19-18(21)16-7-10-22-14(2)12-16/h3-6,13-14,16H,7-12H2,1-2H3,(H,19,21)/t13-,14+,16+/m0/s1. The molecular weight excluding hydrogens is 276 g/mol. The maximum atomic E-state index is 12.3. The lowest BCUT2D eigenvalue weighted by molar-refractivity contribution is -0.129. The second-order valence-electron chi connectivity index (χ2n) is 6.57. The van der Waals surface area contributed by atoms with Crippen molar-refractivity contribution in [2.45, 2.75) is 45.3 Å². The zero-order valence-corrected chi connectivity index (χ0v) is 13.5. The summed E-state index contributed by atoms with van der Waals surface area (Å²) in [6.07, 6.45) is 2.99. The van der Waals surface area contributed by atoms with Gasteiger partial charge in [0.2, 0.25) is 5.91 Å². The third kappa shape index (κ3) is 3.27. The van der Waals surface area contributed by atoms with Crippen molar-refractivity contribution in [3.05, 3.63) is 29.8 Å². The minimum atomic E-state index is 0.118. The molecular formula is C18H26N2O2. The normalized spacial score (nSPS) is 27.5. The molecule has 1 aromatic rings. The first-order chi connectivity index (χ1) is 10.6. The summed E-state index contributed by atoms with van der Waals surface area (Å²) in [4.78, 5) is 14.7. The van der Waals surface area contributed by atoms with Crippen molar-refractivity contribution in [3.63, 3.8) is 0 Å². The second-order valence-corrected chi connectivity index (χ2v) is 6.57. The van der Waals surface area contributed by atoms with Gasteiger partial charge in [0.15, 0.2) is 0 Å². The summed E-state index contributed by atoms with van der Waals surface area (Å²) >= 11 is 0. The number of nitrogens with zero attached hydrogens (tertiary/aromatic N) is 1. The molecule has 4 heteroatoms. The van der Waals surface area contributed by atoms with Crippen LogP contribution in [-0.4, -0.2) is 37.7 Å². The number of carbonyl (C=O) groups is 1. The van der Waals surface area contributed by atoms with E-state index >= 15 is 0 Å². The first kappa shape index (κ1) is 15.3. The minimum absolute atomic E-state index is 0.118. The van der Waals surface area contributed by atoms with Crippen LogP contribution in [0.5, 0.6) is 0 Å². The van der Waals surface area contributed by atoms with Crippen molar-refractivity contribution in [1.29, 1.82) is 0 Å². The first-order valence-electron chi connectivity index (χ1n) is 8.39. The molecule has 1 N–H and O–H groups in total. The molecule has 0 saturated carbocycles. The average Bonchev–Trinajstić information content (AvgIpc) is 2.83. The molecule has 0 bridgehead atoms. The van der Waals surface area contributed by atoms with Gasteiger partial charge in [0.25, 0.3) is 0 Å². The van der Waals surface area contributed by atoms with Gasteiger partial charge in [-0.05, 0) is 44.7 Å². The third-order valence-corrected chi connectivity index (χ3v) is 4.86. The summed E-state index contributed by atoms with van der Waals surface area (Å²) in [5.74, 6) is 0.308. The molecule has 0 unspecified atom stereocenters. The quantitative estimate of drug-likeness (QED) is 0.928. The monoisotopic (exact) mass is 302 g/mol.